The van der Waals surface area contributed by atoms with Crippen molar-refractivity contribution in [1.29, 1.82) is 0 Å². The van der Waals surface area contributed by atoms with Crippen molar-refractivity contribution in [3.63, 3.8) is 0 Å². The molecule has 1 amide bonds. The lowest BCUT2D eigenvalue weighted by atomic mass is 10.2. The summed E-state index contributed by atoms with van der Waals surface area (Å²) in [4.78, 5) is 11.3. The zero-order valence-electron chi connectivity index (χ0n) is 8.79. The number of nitrogens with two attached hydrogens (primary N) is 1. The summed E-state index contributed by atoms with van der Waals surface area (Å²) in [5, 5.41) is 2.95. The first kappa shape index (κ1) is 11.5. The van der Waals surface area contributed by atoms with Crippen molar-refractivity contribution < 1.29 is 9.53 Å². The summed E-state index contributed by atoms with van der Waals surface area (Å²) in [5.41, 5.74) is 5.37. The van der Waals surface area contributed by atoms with Gasteiger partial charge in [0.25, 0.3) is 0 Å². The fourth-order valence-corrected chi connectivity index (χ4v) is 1.63. The standard InChI is InChI=1S/C10H20N2O2/c1-8(6-11)14-7-10(13)12-9-4-2-3-5-9/h8-9H,2-7,11H2,1H3,(H,12,13). The van der Waals surface area contributed by atoms with Gasteiger partial charge in [0.1, 0.15) is 6.61 Å². The van der Waals surface area contributed by atoms with Crippen LogP contribution in [0.1, 0.15) is 32.6 Å². The lowest BCUT2D eigenvalue weighted by Gasteiger charge is -2.14. The third kappa shape index (κ3) is 4.07. The molecule has 1 atom stereocenters. The Morgan fingerprint density at radius 2 is 2.21 bits per heavy atom. The Kier molecular flexibility index (Phi) is 4.90. The van der Waals surface area contributed by atoms with Crippen LogP contribution < -0.4 is 11.1 Å². The van der Waals surface area contributed by atoms with E-state index in [-0.39, 0.29) is 18.6 Å². The molecule has 4 nitrogen and oxygen atoms in total. The summed E-state index contributed by atoms with van der Waals surface area (Å²) in [7, 11) is 0. The van der Waals surface area contributed by atoms with Crippen molar-refractivity contribution in [2.45, 2.75) is 44.8 Å². The SMILES string of the molecule is CC(CN)OCC(=O)NC1CCCC1. The van der Waals surface area contributed by atoms with Crippen molar-refractivity contribution in [1.82, 2.24) is 5.32 Å². The van der Waals surface area contributed by atoms with Crippen LogP contribution in [0.4, 0.5) is 0 Å². The summed E-state index contributed by atoms with van der Waals surface area (Å²) in [6, 6.07) is 0.374. The van der Waals surface area contributed by atoms with Crippen LogP contribution in [0, 0.1) is 0 Å². The van der Waals surface area contributed by atoms with Crippen LogP contribution in [-0.4, -0.2) is 31.2 Å². The Bertz CT molecular complexity index is 179. The fraction of sp³-hybridized carbons (Fsp3) is 0.900. The Labute approximate surface area is 85.2 Å². The maximum atomic E-state index is 11.3. The molecule has 1 aliphatic rings. The van der Waals surface area contributed by atoms with Gasteiger partial charge in [-0.1, -0.05) is 12.8 Å². The minimum Gasteiger partial charge on any atom is -0.367 e. The Morgan fingerprint density at radius 1 is 1.57 bits per heavy atom. The number of carbonyl (C=O) groups is 1. The van der Waals surface area contributed by atoms with Crippen molar-refractivity contribution in [3.05, 3.63) is 0 Å². The largest absolute Gasteiger partial charge is 0.367 e. The molecule has 14 heavy (non-hydrogen) atoms. The first-order chi connectivity index (χ1) is 6.72. The molecule has 3 N–H and O–H groups in total. The molecule has 0 aromatic heterocycles. The zero-order chi connectivity index (χ0) is 10.4. The van der Waals surface area contributed by atoms with Crippen LogP contribution in [0.2, 0.25) is 0 Å². The molecule has 1 rings (SSSR count). The highest BCUT2D eigenvalue weighted by atomic mass is 16.5. The molecule has 0 spiro atoms. The van der Waals surface area contributed by atoms with Crippen LogP contribution in [0.3, 0.4) is 0 Å². The van der Waals surface area contributed by atoms with Gasteiger partial charge >= 0.3 is 0 Å². The van der Waals surface area contributed by atoms with E-state index in [1.54, 1.807) is 0 Å². The molecule has 0 saturated heterocycles. The minimum absolute atomic E-state index is 0.0165. The van der Waals surface area contributed by atoms with E-state index in [2.05, 4.69) is 5.32 Å². The van der Waals surface area contributed by atoms with Crippen molar-refractivity contribution in [3.8, 4) is 0 Å². The third-order valence-corrected chi connectivity index (χ3v) is 2.55. The lowest BCUT2D eigenvalue weighted by Crippen LogP contribution is -2.36. The number of nitrogens with one attached hydrogen (secondary N) is 1. The first-order valence-corrected chi connectivity index (χ1v) is 5.33. The van der Waals surface area contributed by atoms with E-state index in [1.165, 1.54) is 12.8 Å². The predicted octanol–water partition coefficient (Wildman–Crippen LogP) is 0.409. The number of ether oxygens (including phenoxy) is 1. The fourth-order valence-electron chi connectivity index (χ4n) is 1.63. The summed E-state index contributed by atoms with van der Waals surface area (Å²) < 4.78 is 5.23. The Hall–Kier alpha value is -0.610. The summed E-state index contributed by atoms with van der Waals surface area (Å²) in [6.07, 6.45) is 4.64. The van der Waals surface area contributed by atoms with E-state index >= 15 is 0 Å². The second-order valence-electron chi connectivity index (χ2n) is 3.91. The average Bonchev–Trinajstić information content (AvgIpc) is 2.66. The van der Waals surface area contributed by atoms with Crippen molar-refractivity contribution >= 4 is 5.91 Å². The molecular formula is C10H20N2O2. The summed E-state index contributed by atoms with van der Waals surface area (Å²) >= 11 is 0. The highest BCUT2D eigenvalue weighted by Crippen LogP contribution is 2.17. The van der Waals surface area contributed by atoms with Crippen molar-refractivity contribution in [2.24, 2.45) is 5.73 Å². The Morgan fingerprint density at radius 3 is 2.79 bits per heavy atom. The summed E-state index contributed by atoms with van der Waals surface area (Å²) in [6.45, 7) is 2.45. The lowest BCUT2D eigenvalue weighted by molar-refractivity contribution is -0.127. The zero-order valence-corrected chi connectivity index (χ0v) is 8.79. The highest BCUT2D eigenvalue weighted by molar-refractivity contribution is 5.77. The molecule has 0 aromatic rings. The normalized spacial score (nSPS) is 19.6. The van der Waals surface area contributed by atoms with Gasteiger partial charge in [0.2, 0.25) is 5.91 Å². The van der Waals surface area contributed by atoms with E-state index in [9.17, 15) is 4.79 Å². The smallest absolute Gasteiger partial charge is 0.246 e. The number of amides is 1. The van der Waals surface area contributed by atoms with Gasteiger partial charge in [-0.2, -0.15) is 0 Å². The molecule has 1 fully saturated rings. The maximum Gasteiger partial charge on any atom is 0.246 e. The van der Waals surface area contributed by atoms with Gasteiger partial charge in [0.05, 0.1) is 6.10 Å². The monoisotopic (exact) mass is 200 g/mol. The minimum atomic E-state index is -0.0377. The molecule has 4 heteroatoms. The van der Waals surface area contributed by atoms with Crippen LogP contribution in [0.5, 0.6) is 0 Å². The molecule has 0 bridgehead atoms. The van der Waals surface area contributed by atoms with Crippen LogP contribution in [0.15, 0.2) is 0 Å². The molecule has 1 saturated carbocycles. The molecule has 1 unspecified atom stereocenters. The quantitative estimate of drug-likeness (QED) is 0.675. The van der Waals surface area contributed by atoms with E-state index in [1.807, 2.05) is 6.92 Å². The summed E-state index contributed by atoms with van der Waals surface area (Å²) in [5.74, 6) is -0.0165. The van der Waals surface area contributed by atoms with Gasteiger partial charge in [-0.05, 0) is 19.8 Å². The molecule has 1 aliphatic carbocycles. The van der Waals surface area contributed by atoms with E-state index in [4.69, 9.17) is 10.5 Å². The van der Waals surface area contributed by atoms with Gasteiger partial charge in [0.15, 0.2) is 0 Å². The number of carbonyl (C=O) groups excluding carboxylic acids is 1. The Balaban J connectivity index is 2.09. The molecule has 0 heterocycles. The molecule has 0 aromatic carbocycles. The van der Waals surface area contributed by atoms with Crippen molar-refractivity contribution in [2.75, 3.05) is 13.2 Å². The molecule has 0 radical (unpaired) electrons. The first-order valence-electron chi connectivity index (χ1n) is 5.33. The van der Waals surface area contributed by atoms with E-state index in [0.717, 1.165) is 12.8 Å². The average molecular weight is 200 g/mol. The van der Waals surface area contributed by atoms with Gasteiger partial charge in [-0.15, -0.1) is 0 Å². The highest BCUT2D eigenvalue weighted by Gasteiger charge is 2.17. The molecule has 82 valence electrons. The van der Waals surface area contributed by atoms with Gasteiger partial charge in [-0.3, -0.25) is 4.79 Å². The maximum absolute atomic E-state index is 11.3. The van der Waals surface area contributed by atoms with Gasteiger partial charge in [-0.25, -0.2) is 0 Å². The van der Waals surface area contributed by atoms with Gasteiger partial charge < -0.3 is 15.8 Å². The van der Waals surface area contributed by atoms with E-state index < -0.39 is 0 Å². The van der Waals surface area contributed by atoms with Crippen LogP contribution >= 0.6 is 0 Å². The van der Waals surface area contributed by atoms with E-state index in [0.29, 0.717) is 12.6 Å². The second kappa shape index (κ2) is 5.98. The number of hydrogen-bond donors (Lipinski definition) is 2. The number of rotatable bonds is 5. The number of hydrogen-bond acceptors (Lipinski definition) is 3. The topological polar surface area (TPSA) is 64.3 Å². The third-order valence-electron chi connectivity index (χ3n) is 2.55. The van der Waals surface area contributed by atoms with Crippen LogP contribution in [-0.2, 0) is 9.53 Å². The van der Waals surface area contributed by atoms with Gasteiger partial charge in [0, 0.05) is 12.6 Å². The second-order valence-corrected chi connectivity index (χ2v) is 3.91. The molecular weight excluding hydrogens is 180 g/mol. The molecule has 0 aliphatic heterocycles. The predicted molar refractivity (Wildman–Crippen MR) is 54.9 cm³/mol. The van der Waals surface area contributed by atoms with Crippen LogP contribution in [0.25, 0.3) is 0 Å².